The molecule has 0 aliphatic carbocycles. The molecule has 158 valence electrons. The molecule has 1 aromatic carbocycles. The Balaban J connectivity index is 1.53. The van der Waals surface area contributed by atoms with Crippen molar-refractivity contribution in [3.05, 3.63) is 24.3 Å². The standard InChI is InChI=1S/C18H21F3N4O2S2/c1-11-7-9-25(10-8-11)15(26)12(2)28-17-24-23-16(29-17)22-13-3-5-14(6-4-13)27-18(19,20)21/h3-6,11-12H,7-10H2,1-2H3,(H,22,23). The Hall–Kier alpha value is -2.01. The van der Waals surface area contributed by atoms with E-state index in [1.165, 1.54) is 47.4 Å². The Labute approximate surface area is 174 Å². The fourth-order valence-corrected chi connectivity index (χ4v) is 4.86. The highest BCUT2D eigenvalue weighted by atomic mass is 32.2. The van der Waals surface area contributed by atoms with Crippen LogP contribution < -0.4 is 10.1 Å². The third kappa shape index (κ3) is 6.49. The third-order valence-electron chi connectivity index (χ3n) is 4.47. The molecule has 0 spiro atoms. The number of benzene rings is 1. The zero-order valence-corrected chi connectivity index (χ0v) is 17.5. The highest BCUT2D eigenvalue weighted by molar-refractivity contribution is 8.02. The maximum atomic E-state index is 12.6. The quantitative estimate of drug-likeness (QED) is 0.636. The van der Waals surface area contributed by atoms with Crippen molar-refractivity contribution < 1.29 is 22.7 Å². The smallest absolute Gasteiger partial charge is 0.406 e. The van der Waals surface area contributed by atoms with Crippen LogP contribution in [-0.2, 0) is 4.79 Å². The van der Waals surface area contributed by atoms with Crippen LogP contribution in [0.5, 0.6) is 5.75 Å². The molecule has 1 atom stereocenters. The van der Waals surface area contributed by atoms with E-state index in [-0.39, 0.29) is 16.9 Å². The zero-order chi connectivity index (χ0) is 21.0. The van der Waals surface area contributed by atoms with E-state index in [4.69, 9.17) is 0 Å². The first-order valence-corrected chi connectivity index (χ1v) is 10.8. The Kier molecular flexibility index (Phi) is 6.89. The van der Waals surface area contributed by atoms with Crippen molar-refractivity contribution in [2.45, 2.75) is 42.6 Å². The largest absolute Gasteiger partial charge is 0.573 e. The fraction of sp³-hybridized carbons (Fsp3) is 0.500. The highest BCUT2D eigenvalue weighted by Gasteiger charge is 2.31. The number of carbonyl (C=O) groups excluding carboxylic acids is 1. The van der Waals surface area contributed by atoms with Gasteiger partial charge in [0.2, 0.25) is 11.0 Å². The van der Waals surface area contributed by atoms with Gasteiger partial charge in [-0.2, -0.15) is 0 Å². The number of hydrogen-bond donors (Lipinski definition) is 1. The molecule has 11 heteroatoms. The van der Waals surface area contributed by atoms with Crippen LogP contribution in [0.15, 0.2) is 28.6 Å². The number of amides is 1. The maximum Gasteiger partial charge on any atom is 0.573 e. The molecule has 1 saturated heterocycles. The average molecular weight is 447 g/mol. The molecular weight excluding hydrogens is 425 g/mol. The van der Waals surface area contributed by atoms with Gasteiger partial charge in [-0.3, -0.25) is 4.79 Å². The van der Waals surface area contributed by atoms with Gasteiger partial charge in [-0.15, -0.1) is 23.4 Å². The van der Waals surface area contributed by atoms with Crippen molar-refractivity contribution in [3.8, 4) is 5.75 Å². The first-order valence-electron chi connectivity index (χ1n) is 9.11. The van der Waals surface area contributed by atoms with E-state index in [0.29, 0.717) is 21.1 Å². The molecule has 6 nitrogen and oxygen atoms in total. The summed E-state index contributed by atoms with van der Waals surface area (Å²) in [6.07, 6.45) is -2.66. The maximum absolute atomic E-state index is 12.6. The van der Waals surface area contributed by atoms with Crippen molar-refractivity contribution in [1.29, 1.82) is 0 Å². The number of nitrogens with one attached hydrogen (secondary N) is 1. The monoisotopic (exact) mass is 446 g/mol. The van der Waals surface area contributed by atoms with E-state index in [2.05, 4.69) is 27.2 Å². The number of alkyl halides is 3. The minimum atomic E-state index is -4.72. The van der Waals surface area contributed by atoms with Crippen LogP contribution in [0.1, 0.15) is 26.7 Å². The minimum Gasteiger partial charge on any atom is -0.406 e. The molecule has 1 amide bonds. The zero-order valence-electron chi connectivity index (χ0n) is 15.9. The number of aromatic nitrogens is 2. The predicted octanol–water partition coefficient (Wildman–Crippen LogP) is 4.92. The van der Waals surface area contributed by atoms with Gasteiger partial charge in [0.25, 0.3) is 0 Å². The van der Waals surface area contributed by atoms with E-state index in [1.807, 2.05) is 11.8 Å². The van der Waals surface area contributed by atoms with Gasteiger partial charge >= 0.3 is 6.36 Å². The number of halogens is 3. The minimum absolute atomic E-state index is 0.104. The van der Waals surface area contributed by atoms with E-state index in [1.54, 1.807) is 0 Å². The number of piperidine rings is 1. The lowest BCUT2D eigenvalue weighted by Crippen LogP contribution is -2.41. The summed E-state index contributed by atoms with van der Waals surface area (Å²) in [7, 11) is 0. The van der Waals surface area contributed by atoms with Crippen LogP contribution in [0, 0.1) is 5.92 Å². The lowest BCUT2D eigenvalue weighted by atomic mass is 9.99. The van der Waals surface area contributed by atoms with Crippen molar-refractivity contribution in [2.75, 3.05) is 18.4 Å². The van der Waals surface area contributed by atoms with Gasteiger partial charge in [-0.1, -0.05) is 30.0 Å². The summed E-state index contributed by atoms with van der Waals surface area (Å²) in [5.41, 5.74) is 0.554. The summed E-state index contributed by atoms with van der Waals surface area (Å²) in [4.78, 5) is 14.5. The lowest BCUT2D eigenvalue weighted by Gasteiger charge is -2.31. The number of thioether (sulfide) groups is 1. The van der Waals surface area contributed by atoms with Gasteiger partial charge in [0, 0.05) is 18.8 Å². The molecule has 0 radical (unpaired) electrons. The number of likely N-dealkylation sites (tertiary alicyclic amines) is 1. The van der Waals surface area contributed by atoms with Gasteiger partial charge < -0.3 is 15.0 Å². The molecule has 2 aromatic rings. The predicted molar refractivity (Wildman–Crippen MR) is 107 cm³/mol. The van der Waals surface area contributed by atoms with Crippen molar-refractivity contribution in [1.82, 2.24) is 15.1 Å². The number of anilines is 2. The van der Waals surface area contributed by atoms with E-state index in [9.17, 15) is 18.0 Å². The molecule has 1 aliphatic heterocycles. The molecule has 3 rings (SSSR count). The Morgan fingerprint density at radius 2 is 1.93 bits per heavy atom. The topological polar surface area (TPSA) is 67.4 Å². The second kappa shape index (κ2) is 9.21. The van der Waals surface area contributed by atoms with Crippen LogP contribution in [0.25, 0.3) is 0 Å². The van der Waals surface area contributed by atoms with Crippen molar-refractivity contribution >= 4 is 39.8 Å². The number of ether oxygens (including phenoxy) is 1. The fourth-order valence-electron chi connectivity index (χ4n) is 2.86. The van der Waals surface area contributed by atoms with Gasteiger partial charge in [-0.25, -0.2) is 0 Å². The Morgan fingerprint density at radius 3 is 2.55 bits per heavy atom. The average Bonchev–Trinajstić information content (AvgIpc) is 3.09. The number of hydrogen-bond acceptors (Lipinski definition) is 7. The molecule has 0 bridgehead atoms. The molecule has 2 heterocycles. The van der Waals surface area contributed by atoms with Crippen molar-refractivity contribution in [3.63, 3.8) is 0 Å². The Morgan fingerprint density at radius 1 is 1.28 bits per heavy atom. The second-order valence-electron chi connectivity index (χ2n) is 6.84. The Bertz CT molecular complexity index is 821. The summed E-state index contributed by atoms with van der Waals surface area (Å²) >= 11 is 2.64. The van der Waals surface area contributed by atoms with Crippen LogP contribution in [0.4, 0.5) is 24.0 Å². The molecule has 1 aromatic heterocycles. The van der Waals surface area contributed by atoms with Crippen LogP contribution in [0.3, 0.4) is 0 Å². The molecular formula is C18H21F3N4O2S2. The van der Waals surface area contributed by atoms with E-state index < -0.39 is 6.36 Å². The van der Waals surface area contributed by atoms with Gasteiger partial charge in [0.1, 0.15) is 5.75 Å². The third-order valence-corrected chi connectivity index (χ3v) is 6.48. The van der Waals surface area contributed by atoms with Gasteiger partial charge in [0.05, 0.1) is 5.25 Å². The van der Waals surface area contributed by atoms with Gasteiger partial charge in [0.15, 0.2) is 4.34 Å². The van der Waals surface area contributed by atoms with E-state index >= 15 is 0 Å². The summed E-state index contributed by atoms with van der Waals surface area (Å²) in [5, 5.41) is 11.3. The molecule has 0 saturated carbocycles. The molecule has 1 aliphatic rings. The van der Waals surface area contributed by atoms with Crippen LogP contribution >= 0.6 is 23.1 Å². The summed E-state index contributed by atoms with van der Waals surface area (Å²) in [6, 6.07) is 5.34. The molecule has 1 N–H and O–H groups in total. The summed E-state index contributed by atoms with van der Waals surface area (Å²) in [6.45, 7) is 5.65. The first-order chi connectivity index (χ1) is 13.7. The summed E-state index contributed by atoms with van der Waals surface area (Å²) in [5.74, 6) is 0.468. The lowest BCUT2D eigenvalue weighted by molar-refractivity contribution is -0.274. The first kappa shape index (κ1) is 21.7. The van der Waals surface area contributed by atoms with Crippen LogP contribution in [0.2, 0.25) is 0 Å². The normalized spacial score (nSPS) is 16.5. The van der Waals surface area contributed by atoms with Crippen LogP contribution in [-0.4, -0.2) is 45.7 Å². The second-order valence-corrected chi connectivity index (χ2v) is 9.40. The number of rotatable bonds is 6. The van der Waals surface area contributed by atoms with Crippen molar-refractivity contribution in [2.24, 2.45) is 5.92 Å². The highest BCUT2D eigenvalue weighted by Crippen LogP contribution is 2.32. The molecule has 1 unspecified atom stereocenters. The number of nitrogens with zero attached hydrogens (tertiary/aromatic N) is 3. The molecule has 29 heavy (non-hydrogen) atoms. The molecule has 1 fully saturated rings. The van der Waals surface area contributed by atoms with Gasteiger partial charge in [-0.05, 0) is 49.9 Å². The summed E-state index contributed by atoms with van der Waals surface area (Å²) < 4.78 is 41.1. The number of carbonyl (C=O) groups is 1. The van der Waals surface area contributed by atoms with E-state index in [0.717, 1.165) is 25.9 Å². The SMILES string of the molecule is CC1CCN(C(=O)C(C)Sc2nnc(Nc3ccc(OC(F)(F)F)cc3)s2)CC1.